The summed E-state index contributed by atoms with van der Waals surface area (Å²) in [5, 5.41) is 3.46. The van der Waals surface area contributed by atoms with Crippen LogP contribution in [0.15, 0.2) is 24.3 Å². The fourth-order valence-corrected chi connectivity index (χ4v) is 3.99. The highest BCUT2D eigenvalue weighted by Gasteiger charge is 2.37. The summed E-state index contributed by atoms with van der Waals surface area (Å²) in [5.74, 6) is -0.138. The Morgan fingerprint density at radius 3 is 2.40 bits per heavy atom. The van der Waals surface area contributed by atoms with E-state index in [0.717, 1.165) is 25.0 Å². The van der Waals surface area contributed by atoms with Crippen LogP contribution in [0.4, 0.5) is 4.39 Å². The lowest BCUT2D eigenvalue weighted by Crippen LogP contribution is -2.56. The highest BCUT2D eigenvalue weighted by atomic mass is 19.1. The largest absolute Gasteiger partial charge is 0.317 e. The first kappa shape index (κ1) is 14.0. The van der Waals surface area contributed by atoms with Gasteiger partial charge in [0.15, 0.2) is 0 Å². The molecule has 3 rings (SSSR count). The summed E-state index contributed by atoms with van der Waals surface area (Å²) < 4.78 is 12.9. The lowest BCUT2D eigenvalue weighted by molar-refractivity contribution is 0.0271. The summed E-state index contributed by atoms with van der Waals surface area (Å²) in [6.45, 7) is 1.12. The molecule has 1 aromatic rings. The Hall–Kier alpha value is -0.930. The molecule has 2 bridgehead atoms. The van der Waals surface area contributed by atoms with Crippen LogP contribution in [0.5, 0.6) is 0 Å². The molecule has 0 aliphatic carbocycles. The molecule has 20 heavy (non-hydrogen) atoms. The van der Waals surface area contributed by atoms with Gasteiger partial charge in [-0.3, -0.25) is 4.90 Å². The van der Waals surface area contributed by atoms with Gasteiger partial charge in [-0.2, -0.15) is 0 Å². The second kappa shape index (κ2) is 6.23. The van der Waals surface area contributed by atoms with Gasteiger partial charge in [0.05, 0.1) is 0 Å². The van der Waals surface area contributed by atoms with Gasteiger partial charge in [0, 0.05) is 24.7 Å². The predicted octanol–water partition coefficient (Wildman–Crippen LogP) is 2.97. The van der Waals surface area contributed by atoms with Crippen molar-refractivity contribution < 1.29 is 4.39 Å². The number of piperidine rings is 2. The predicted molar refractivity (Wildman–Crippen MR) is 80.3 cm³/mol. The maximum absolute atomic E-state index is 12.9. The molecule has 1 aromatic carbocycles. The van der Waals surface area contributed by atoms with Gasteiger partial charge >= 0.3 is 0 Å². The van der Waals surface area contributed by atoms with Crippen molar-refractivity contribution in [1.29, 1.82) is 0 Å². The topological polar surface area (TPSA) is 15.3 Å². The first-order valence-electron chi connectivity index (χ1n) is 7.93. The standard InChI is InChI=1S/C17H25FN2/c1-19-15-11-16-3-2-4-17(12-15)20(16)10-9-13-5-7-14(18)8-6-13/h5-8,15-17,19H,2-4,9-12H2,1H3. The van der Waals surface area contributed by atoms with Crippen LogP contribution in [-0.2, 0) is 6.42 Å². The number of nitrogens with zero attached hydrogens (tertiary/aromatic N) is 1. The number of nitrogens with one attached hydrogen (secondary N) is 1. The first-order chi connectivity index (χ1) is 9.76. The number of rotatable bonds is 4. The summed E-state index contributed by atoms with van der Waals surface area (Å²) in [7, 11) is 2.09. The number of fused-ring (bicyclic) bond motifs is 2. The van der Waals surface area contributed by atoms with Gasteiger partial charge in [0.2, 0.25) is 0 Å². The van der Waals surface area contributed by atoms with E-state index < -0.39 is 0 Å². The molecule has 0 amide bonds. The van der Waals surface area contributed by atoms with Crippen LogP contribution in [0.2, 0.25) is 0 Å². The summed E-state index contributed by atoms with van der Waals surface area (Å²) in [6, 6.07) is 9.19. The van der Waals surface area contributed by atoms with E-state index in [4.69, 9.17) is 0 Å². The molecular formula is C17H25FN2. The molecule has 2 fully saturated rings. The Kier molecular flexibility index (Phi) is 4.37. The van der Waals surface area contributed by atoms with Crippen LogP contribution in [0.1, 0.15) is 37.7 Å². The Labute approximate surface area is 121 Å². The molecular weight excluding hydrogens is 251 g/mol. The van der Waals surface area contributed by atoms with Crippen molar-refractivity contribution in [3.05, 3.63) is 35.6 Å². The van der Waals surface area contributed by atoms with E-state index in [1.807, 2.05) is 12.1 Å². The van der Waals surface area contributed by atoms with Gasteiger partial charge in [-0.1, -0.05) is 18.6 Å². The SMILES string of the molecule is CNC1CC2CCCC(C1)N2CCc1ccc(F)cc1. The van der Waals surface area contributed by atoms with Crippen molar-refractivity contribution in [2.24, 2.45) is 0 Å². The van der Waals surface area contributed by atoms with Gasteiger partial charge in [0.25, 0.3) is 0 Å². The molecule has 0 radical (unpaired) electrons. The van der Waals surface area contributed by atoms with Gasteiger partial charge in [0.1, 0.15) is 5.82 Å². The van der Waals surface area contributed by atoms with Crippen LogP contribution in [0.25, 0.3) is 0 Å². The maximum Gasteiger partial charge on any atom is 0.123 e. The number of halogens is 1. The van der Waals surface area contributed by atoms with Crippen molar-refractivity contribution in [3.63, 3.8) is 0 Å². The van der Waals surface area contributed by atoms with Crippen molar-refractivity contribution in [2.45, 2.75) is 56.7 Å². The molecule has 2 nitrogen and oxygen atoms in total. The third-order valence-electron chi connectivity index (χ3n) is 5.11. The average Bonchev–Trinajstić information content (AvgIpc) is 2.46. The molecule has 2 aliphatic rings. The van der Waals surface area contributed by atoms with Crippen LogP contribution in [0, 0.1) is 5.82 Å². The third kappa shape index (κ3) is 3.04. The minimum absolute atomic E-state index is 0.138. The van der Waals surface area contributed by atoms with Crippen LogP contribution in [0.3, 0.4) is 0 Å². The lowest BCUT2D eigenvalue weighted by Gasteiger charge is -2.49. The number of benzene rings is 1. The molecule has 2 saturated heterocycles. The maximum atomic E-state index is 12.9. The molecule has 2 aliphatic heterocycles. The van der Waals surface area contributed by atoms with Gasteiger partial charge in [-0.15, -0.1) is 0 Å². The minimum Gasteiger partial charge on any atom is -0.317 e. The van der Waals surface area contributed by atoms with Crippen molar-refractivity contribution in [2.75, 3.05) is 13.6 Å². The Morgan fingerprint density at radius 2 is 1.80 bits per heavy atom. The second-order valence-electron chi connectivity index (χ2n) is 6.31. The van der Waals surface area contributed by atoms with E-state index in [1.54, 1.807) is 12.1 Å². The minimum atomic E-state index is -0.138. The van der Waals surface area contributed by atoms with Crippen LogP contribution >= 0.6 is 0 Å². The highest BCUT2D eigenvalue weighted by molar-refractivity contribution is 5.16. The second-order valence-corrected chi connectivity index (χ2v) is 6.31. The van der Waals surface area contributed by atoms with E-state index in [0.29, 0.717) is 6.04 Å². The molecule has 1 N–H and O–H groups in total. The molecule has 110 valence electrons. The third-order valence-corrected chi connectivity index (χ3v) is 5.11. The van der Waals surface area contributed by atoms with Crippen molar-refractivity contribution in [3.8, 4) is 0 Å². The Balaban J connectivity index is 1.60. The zero-order valence-corrected chi connectivity index (χ0v) is 12.3. The Morgan fingerprint density at radius 1 is 1.15 bits per heavy atom. The monoisotopic (exact) mass is 276 g/mol. The van der Waals surface area contributed by atoms with E-state index in [1.165, 1.54) is 37.7 Å². The van der Waals surface area contributed by atoms with E-state index in [9.17, 15) is 4.39 Å². The number of hydrogen-bond acceptors (Lipinski definition) is 2. The molecule has 3 heteroatoms. The Bertz CT molecular complexity index is 417. The molecule has 2 unspecified atom stereocenters. The molecule has 2 atom stereocenters. The van der Waals surface area contributed by atoms with Crippen LogP contribution in [-0.4, -0.2) is 36.6 Å². The fraction of sp³-hybridized carbons (Fsp3) is 0.647. The van der Waals surface area contributed by atoms with Gasteiger partial charge < -0.3 is 5.32 Å². The van der Waals surface area contributed by atoms with E-state index >= 15 is 0 Å². The molecule has 2 heterocycles. The van der Waals surface area contributed by atoms with Crippen LogP contribution < -0.4 is 5.32 Å². The molecule has 0 aromatic heterocycles. The van der Waals surface area contributed by atoms with Crippen molar-refractivity contribution in [1.82, 2.24) is 10.2 Å². The van der Waals surface area contributed by atoms with E-state index in [-0.39, 0.29) is 5.82 Å². The summed E-state index contributed by atoms with van der Waals surface area (Å²) >= 11 is 0. The fourth-order valence-electron chi connectivity index (χ4n) is 3.99. The average molecular weight is 276 g/mol. The summed E-state index contributed by atoms with van der Waals surface area (Å²) in [4.78, 5) is 2.72. The summed E-state index contributed by atoms with van der Waals surface area (Å²) in [5.41, 5.74) is 1.25. The zero-order valence-electron chi connectivity index (χ0n) is 12.3. The molecule has 0 saturated carbocycles. The van der Waals surface area contributed by atoms with Gasteiger partial charge in [-0.25, -0.2) is 4.39 Å². The molecule has 0 spiro atoms. The van der Waals surface area contributed by atoms with E-state index in [2.05, 4.69) is 17.3 Å². The first-order valence-corrected chi connectivity index (χ1v) is 7.93. The highest BCUT2D eigenvalue weighted by Crippen LogP contribution is 2.33. The lowest BCUT2D eigenvalue weighted by atomic mass is 9.81. The van der Waals surface area contributed by atoms with Crippen molar-refractivity contribution >= 4 is 0 Å². The zero-order chi connectivity index (χ0) is 13.9. The normalized spacial score (nSPS) is 30.4. The summed E-state index contributed by atoms with van der Waals surface area (Å²) in [6.07, 6.45) is 7.69. The number of hydrogen-bond donors (Lipinski definition) is 1. The smallest absolute Gasteiger partial charge is 0.123 e. The van der Waals surface area contributed by atoms with Gasteiger partial charge in [-0.05, 0) is 56.8 Å². The quantitative estimate of drug-likeness (QED) is 0.909.